The van der Waals surface area contributed by atoms with Gasteiger partial charge >= 0.3 is 0 Å². The molecule has 37 heavy (non-hydrogen) atoms. The number of carbonyl (C=O) groups excluding carboxylic acids is 1. The molecule has 5 rings (SSSR count). The minimum absolute atomic E-state index is 0.00316. The van der Waals surface area contributed by atoms with Gasteiger partial charge in [0.1, 0.15) is 17.2 Å². The van der Waals surface area contributed by atoms with E-state index in [9.17, 15) is 4.79 Å². The summed E-state index contributed by atoms with van der Waals surface area (Å²) in [5.41, 5.74) is 3.00. The number of hydrogen-bond acceptors (Lipinski definition) is 6. The number of carbonyl (C=O) groups is 1. The van der Waals surface area contributed by atoms with E-state index in [0.29, 0.717) is 36.7 Å². The SMILES string of the molecule is CCCCOc1ccc(OCCCC2CCNC2)c2c1-c1c(OCCCC3CCNC3)cccc1C2=O. The fraction of sp³-hybridized carbons (Fsp3) is 0.581. The highest BCUT2D eigenvalue weighted by Gasteiger charge is 2.35. The van der Waals surface area contributed by atoms with Crippen molar-refractivity contribution in [3.63, 3.8) is 0 Å². The van der Waals surface area contributed by atoms with E-state index >= 15 is 0 Å². The highest BCUT2D eigenvalue weighted by Crippen LogP contribution is 2.50. The Bertz CT molecular complexity index is 1060. The van der Waals surface area contributed by atoms with E-state index in [4.69, 9.17) is 14.2 Å². The minimum atomic E-state index is 0.00316. The van der Waals surface area contributed by atoms with Gasteiger partial charge in [0, 0.05) is 16.7 Å². The minimum Gasteiger partial charge on any atom is -0.493 e. The van der Waals surface area contributed by atoms with E-state index < -0.39 is 0 Å². The topological polar surface area (TPSA) is 68.8 Å². The number of nitrogens with one attached hydrogen (secondary N) is 2. The lowest BCUT2D eigenvalue weighted by Crippen LogP contribution is -2.10. The third-order valence-corrected chi connectivity index (χ3v) is 7.99. The quantitative estimate of drug-likeness (QED) is 0.277. The molecule has 2 aromatic carbocycles. The zero-order chi connectivity index (χ0) is 25.5. The van der Waals surface area contributed by atoms with Gasteiger partial charge in [-0.05, 0) is 101 Å². The number of ether oxygens (including phenoxy) is 3. The lowest BCUT2D eigenvalue weighted by Gasteiger charge is -2.17. The normalized spacial score (nSPS) is 20.2. The van der Waals surface area contributed by atoms with E-state index in [2.05, 4.69) is 17.6 Å². The first kappa shape index (κ1) is 26.1. The maximum atomic E-state index is 13.7. The number of unbranched alkanes of at least 4 members (excludes halogenated alkanes) is 1. The Kier molecular flexibility index (Phi) is 9.01. The highest BCUT2D eigenvalue weighted by molar-refractivity contribution is 6.25. The second-order valence-electron chi connectivity index (χ2n) is 10.7. The van der Waals surface area contributed by atoms with Crippen molar-refractivity contribution in [2.24, 2.45) is 11.8 Å². The van der Waals surface area contributed by atoms with Gasteiger partial charge in [-0.2, -0.15) is 0 Å². The molecule has 0 aromatic heterocycles. The summed E-state index contributed by atoms with van der Waals surface area (Å²) >= 11 is 0. The molecule has 2 aliphatic heterocycles. The van der Waals surface area contributed by atoms with Gasteiger partial charge in [-0.25, -0.2) is 0 Å². The smallest absolute Gasteiger partial charge is 0.198 e. The van der Waals surface area contributed by atoms with E-state index in [1.54, 1.807) is 0 Å². The van der Waals surface area contributed by atoms with Crippen molar-refractivity contribution in [1.82, 2.24) is 10.6 Å². The highest BCUT2D eigenvalue weighted by atomic mass is 16.5. The summed E-state index contributed by atoms with van der Waals surface area (Å²) in [4.78, 5) is 13.7. The first-order valence-corrected chi connectivity index (χ1v) is 14.4. The molecule has 0 amide bonds. The van der Waals surface area contributed by atoms with Crippen LogP contribution < -0.4 is 24.8 Å². The molecule has 2 fully saturated rings. The molecule has 6 heteroatoms. The monoisotopic (exact) mass is 506 g/mol. The first-order chi connectivity index (χ1) is 18.3. The molecule has 3 aliphatic rings. The predicted molar refractivity (Wildman–Crippen MR) is 147 cm³/mol. The van der Waals surface area contributed by atoms with Crippen molar-refractivity contribution in [2.75, 3.05) is 46.0 Å². The van der Waals surface area contributed by atoms with Crippen molar-refractivity contribution in [2.45, 2.75) is 58.3 Å². The van der Waals surface area contributed by atoms with Gasteiger partial charge in [-0.15, -0.1) is 0 Å². The zero-order valence-corrected chi connectivity index (χ0v) is 22.3. The van der Waals surface area contributed by atoms with Crippen molar-refractivity contribution in [3.8, 4) is 28.4 Å². The fourth-order valence-corrected chi connectivity index (χ4v) is 5.87. The van der Waals surface area contributed by atoms with Crippen LogP contribution in [0.1, 0.15) is 74.2 Å². The van der Waals surface area contributed by atoms with Gasteiger partial charge in [-0.3, -0.25) is 4.79 Å². The van der Waals surface area contributed by atoms with Crippen LogP contribution in [0.4, 0.5) is 0 Å². The standard InChI is InChI=1S/C31H42N2O4/c1-2-3-17-35-26-11-12-27(37-19-6-8-23-14-16-33-21-23)30-29(26)28-24(31(30)34)9-4-10-25(28)36-18-5-7-22-13-15-32-20-22/h4,9-12,22-23,32-33H,2-3,5-8,13-21H2,1H3. The Morgan fingerprint density at radius 3 is 1.86 bits per heavy atom. The molecule has 0 radical (unpaired) electrons. The molecule has 0 bridgehead atoms. The Hall–Kier alpha value is -2.57. The second-order valence-corrected chi connectivity index (χ2v) is 10.7. The van der Waals surface area contributed by atoms with Crippen molar-refractivity contribution in [3.05, 3.63) is 41.5 Å². The van der Waals surface area contributed by atoms with E-state index in [1.807, 2.05) is 30.3 Å². The van der Waals surface area contributed by atoms with E-state index in [-0.39, 0.29) is 5.78 Å². The lowest BCUT2D eigenvalue weighted by atomic mass is 10.0. The number of hydrogen-bond donors (Lipinski definition) is 2. The molecule has 2 saturated heterocycles. The number of benzene rings is 2. The summed E-state index contributed by atoms with van der Waals surface area (Å²) in [6.45, 7) is 8.50. The Morgan fingerprint density at radius 1 is 0.730 bits per heavy atom. The molecule has 2 heterocycles. The molecule has 2 aromatic rings. The average Bonchev–Trinajstić information content (AvgIpc) is 3.68. The molecule has 2 unspecified atom stereocenters. The summed E-state index contributed by atoms with van der Waals surface area (Å²) in [7, 11) is 0. The van der Waals surface area contributed by atoms with Crippen molar-refractivity contribution >= 4 is 5.78 Å². The predicted octanol–water partition coefficient (Wildman–Crippen LogP) is 5.61. The van der Waals surface area contributed by atoms with Gasteiger partial charge in [-0.1, -0.05) is 25.5 Å². The molecule has 1 aliphatic carbocycles. The maximum Gasteiger partial charge on any atom is 0.198 e. The molecular formula is C31H42N2O4. The van der Waals surface area contributed by atoms with Gasteiger partial charge < -0.3 is 24.8 Å². The average molecular weight is 507 g/mol. The third kappa shape index (κ3) is 6.12. The van der Waals surface area contributed by atoms with E-state index in [1.165, 1.54) is 12.8 Å². The lowest BCUT2D eigenvalue weighted by molar-refractivity contribution is 0.103. The Labute approximate surface area is 221 Å². The van der Waals surface area contributed by atoms with Crippen LogP contribution in [-0.4, -0.2) is 51.8 Å². The fourth-order valence-electron chi connectivity index (χ4n) is 5.87. The van der Waals surface area contributed by atoms with Gasteiger partial charge in [0.05, 0.1) is 25.4 Å². The largest absolute Gasteiger partial charge is 0.493 e. The maximum absolute atomic E-state index is 13.7. The summed E-state index contributed by atoms with van der Waals surface area (Å²) in [5, 5.41) is 6.87. The van der Waals surface area contributed by atoms with Crippen LogP contribution in [0.3, 0.4) is 0 Å². The van der Waals surface area contributed by atoms with Crippen LogP contribution in [0.15, 0.2) is 30.3 Å². The van der Waals surface area contributed by atoms with Gasteiger partial charge in [0.2, 0.25) is 0 Å². The van der Waals surface area contributed by atoms with Crippen LogP contribution in [0.25, 0.3) is 11.1 Å². The number of fused-ring (bicyclic) bond motifs is 3. The van der Waals surface area contributed by atoms with Crippen molar-refractivity contribution < 1.29 is 19.0 Å². The molecule has 2 N–H and O–H groups in total. The summed E-state index contributed by atoms with van der Waals surface area (Å²) in [6, 6.07) is 9.69. The van der Waals surface area contributed by atoms with Gasteiger partial charge in [0.25, 0.3) is 0 Å². The van der Waals surface area contributed by atoms with Crippen LogP contribution >= 0.6 is 0 Å². The zero-order valence-electron chi connectivity index (χ0n) is 22.3. The van der Waals surface area contributed by atoms with Crippen LogP contribution in [0, 0.1) is 11.8 Å². The Morgan fingerprint density at radius 2 is 1.30 bits per heavy atom. The molecule has 200 valence electrons. The molecule has 0 spiro atoms. The number of rotatable bonds is 14. The van der Waals surface area contributed by atoms with Crippen LogP contribution in [0.5, 0.6) is 17.2 Å². The molecule has 0 saturated carbocycles. The van der Waals surface area contributed by atoms with Crippen molar-refractivity contribution in [1.29, 1.82) is 0 Å². The molecular weight excluding hydrogens is 464 g/mol. The molecule has 2 atom stereocenters. The second kappa shape index (κ2) is 12.8. The third-order valence-electron chi connectivity index (χ3n) is 7.99. The van der Waals surface area contributed by atoms with Gasteiger partial charge in [0.15, 0.2) is 5.78 Å². The summed E-state index contributed by atoms with van der Waals surface area (Å²) < 4.78 is 18.8. The Balaban J connectivity index is 1.34. The summed E-state index contributed by atoms with van der Waals surface area (Å²) in [6.07, 6.45) is 8.83. The van der Waals surface area contributed by atoms with Crippen LogP contribution in [-0.2, 0) is 0 Å². The first-order valence-electron chi connectivity index (χ1n) is 14.4. The van der Waals surface area contributed by atoms with Crippen LogP contribution in [0.2, 0.25) is 0 Å². The van der Waals surface area contributed by atoms with E-state index in [0.717, 1.165) is 99.2 Å². The number of ketones is 1. The summed E-state index contributed by atoms with van der Waals surface area (Å²) in [5.74, 6) is 3.65. The molecule has 6 nitrogen and oxygen atoms in total.